The summed E-state index contributed by atoms with van der Waals surface area (Å²) in [6, 6.07) is 5.18. The summed E-state index contributed by atoms with van der Waals surface area (Å²) in [5.74, 6) is -2.86. The molecule has 1 unspecified atom stereocenters. The van der Waals surface area contributed by atoms with Crippen LogP contribution < -0.4 is 5.32 Å². The van der Waals surface area contributed by atoms with E-state index in [9.17, 15) is 22.8 Å². The lowest BCUT2D eigenvalue weighted by molar-refractivity contribution is -0.178. The predicted octanol–water partition coefficient (Wildman–Crippen LogP) is 3.46. The summed E-state index contributed by atoms with van der Waals surface area (Å²) in [5, 5.41) is 2.42. The molecule has 3 nitrogen and oxygen atoms in total. The molecule has 1 aliphatic rings. The van der Waals surface area contributed by atoms with E-state index in [-0.39, 0.29) is 12.1 Å². The van der Waals surface area contributed by atoms with Crippen molar-refractivity contribution in [2.45, 2.75) is 32.9 Å². The number of carbonyl (C=O) groups excluding carboxylic acids is 2. The molecule has 0 radical (unpaired) electrons. The fourth-order valence-corrected chi connectivity index (χ4v) is 2.53. The quantitative estimate of drug-likeness (QED) is 0.909. The molecule has 1 amide bonds. The van der Waals surface area contributed by atoms with E-state index in [0.717, 1.165) is 17.2 Å². The van der Waals surface area contributed by atoms with E-state index in [2.05, 4.69) is 5.32 Å². The highest BCUT2D eigenvalue weighted by Crippen LogP contribution is 2.35. The van der Waals surface area contributed by atoms with Crippen LogP contribution in [0, 0.1) is 19.8 Å². The van der Waals surface area contributed by atoms with Gasteiger partial charge in [0.15, 0.2) is 5.78 Å². The summed E-state index contributed by atoms with van der Waals surface area (Å²) in [6.07, 6.45) is -4.30. The Morgan fingerprint density at radius 2 is 1.73 bits per heavy atom. The molecule has 2 rings (SSSR count). The van der Waals surface area contributed by atoms with Gasteiger partial charge in [0.25, 0.3) is 5.91 Å². The van der Waals surface area contributed by atoms with Crippen molar-refractivity contribution in [2.24, 2.45) is 5.92 Å². The highest BCUT2D eigenvalue weighted by Gasteiger charge is 2.42. The Balaban J connectivity index is 2.15. The number of ketones is 1. The zero-order valence-corrected chi connectivity index (χ0v) is 12.3. The van der Waals surface area contributed by atoms with Crippen LogP contribution in [-0.4, -0.2) is 17.9 Å². The summed E-state index contributed by atoms with van der Waals surface area (Å²) in [5.41, 5.74) is 2.14. The number of halogens is 3. The number of benzene rings is 1. The third kappa shape index (κ3) is 3.96. The molecule has 0 fully saturated rings. The first-order valence-electron chi connectivity index (χ1n) is 6.85. The Kier molecular flexibility index (Phi) is 4.39. The first-order chi connectivity index (χ1) is 10.1. The van der Waals surface area contributed by atoms with Crippen LogP contribution in [0.15, 0.2) is 30.0 Å². The molecule has 0 saturated carbocycles. The number of hydrogen-bond acceptors (Lipinski definition) is 2. The Labute approximate surface area is 126 Å². The molecule has 1 atom stereocenters. The van der Waals surface area contributed by atoms with Gasteiger partial charge in [-0.1, -0.05) is 17.2 Å². The van der Waals surface area contributed by atoms with Crippen molar-refractivity contribution < 1.29 is 22.8 Å². The van der Waals surface area contributed by atoms with Gasteiger partial charge in [0.1, 0.15) is 0 Å². The molecule has 0 spiro atoms. The van der Waals surface area contributed by atoms with E-state index in [4.69, 9.17) is 0 Å². The summed E-state index contributed by atoms with van der Waals surface area (Å²) >= 11 is 0. The fraction of sp³-hybridized carbons (Fsp3) is 0.375. The standard InChI is InChI=1S/C16H16F3NO2/c1-9-3-10(2)5-11(4-9)15(22)20-13-6-12(16(17,18)19)7-14(21)8-13/h3-5,8,12H,6-7H2,1-2H3,(H,20,22). The van der Waals surface area contributed by atoms with Gasteiger partial charge in [-0.15, -0.1) is 0 Å². The van der Waals surface area contributed by atoms with Gasteiger partial charge in [0, 0.05) is 23.8 Å². The van der Waals surface area contributed by atoms with E-state index >= 15 is 0 Å². The zero-order valence-electron chi connectivity index (χ0n) is 12.3. The van der Waals surface area contributed by atoms with Gasteiger partial charge >= 0.3 is 6.18 Å². The zero-order chi connectivity index (χ0) is 16.5. The van der Waals surface area contributed by atoms with Crippen LogP contribution in [-0.2, 0) is 4.79 Å². The van der Waals surface area contributed by atoms with Crippen molar-refractivity contribution in [1.82, 2.24) is 5.32 Å². The molecule has 118 valence electrons. The van der Waals surface area contributed by atoms with E-state index in [1.54, 1.807) is 12.1 Å². The monoisotopic (exact) mass is 311 g/mol. The third-order valence-electron chi connectivity index (χ3n) is 3.47. The van der Waals surface area contributed by atoms with Crippen molar-refractivity contribution in [2.75, 3.05) is 0 Å². The van der Waals surface area contributed by atoms with Gasteiger partial charge in [-0.3, -0.25) is 9.59 Å². The second-order valence-electron chi connectivity index (χ2n) is 5.61. The van der Waals surface area contributed by atoms with Crippen molar-refractivity contribution in [1.29, 1.82) is 0 Å². The smallest absolute Gasteiger partial charge is 0.326 e. The van der Waals surface area contributed by atoms with E-state index in [1.807, 2.05) is 19.9 Å². The molecule has 1 aromatic rings. The highest BCUT2D eigenvalue weighted by atomic mass is 19.4. The number of hydrogen-bond donors (Lipinski definition) is 1. The fourth-order valence-electron chi connectivity index (χ4n) is 2.53. The van der Waals surface area contributed by atoms with Crippen LogP contribution in [0.5, 0.6) is 0 Å². The van der Waals surface area contributed by atoms with Crippen LogP contribution in [0.4, 0.5) is 13.2 Å². The van der Waals surface area contributed by atoms with E-state index in [1.165, 1.54) is 0 Å². The van der Waals surface area contributed by atoms with Crippen LogP contribution in [0.3, 0.4) is 0 Å². The topological polar surface area (TPSA) is 46.2 Å². The Morgan fingerprint density at radius 3 is 2.27 bits per heavy atom. The van der Waals surface area contributed by atoms with Crippen molar-refractivity contribution in [3.05, 3.63) is 46.7 Å². The minimum atomic E-state index is -4.44. The van der Waals surface area contributed by atoms with Gasteiger partial charge in [-0.25, -0.2) is 0 Å². The SMILES string of the molecule is Cc1cc(C)cc(C(=O)NC2=CC(=O)CC(C(F)(F)F)C2)c1. The molecule has 1 aromatic carbocycles. The first-order valence-corrected chi connectivity index (χ1v) is 6.85. The molecule has 0 aliphatic heterocycles. The molecule has 6 heteroatoms. The van der Waals surface area contributed by atoms with Crippen LogP contribution in [0.25, 0.3) is 0 Å². The van der Waals surface area contributed by atoms with Crippen molar-refractivity contribution in [3.8, 4) is 0 Å². The molecular weight excluding hydrogens is 295 g/mol. The third-order valence-corrected chi connectivity index (χ3v) is 3.47. The summed E-state index contributed by atoms with van der Waals surface area (Å²) in [6.45, 7) is 3.65. The first kappa shape index (κ1) is 16.3. The number of carbonyl (C=O) groups is 2. The number of allylic oxidation sites excluding steroid dienone is 2. The Morgan fingerprint density at radius 1 is 1.14 bits per heavy atom. The molecular formula is C16H16F3NO2. The number of alkyl halides is 3. The summed E-state index contributed by atoms with van der Waals surface area (Å²) < 4.78 is 38.3. The molecule has 0 saturated heterocycles. The van der Waals surface area contributed by atoms with E-state index < -0.39 is 30.2 Å². The van der Waals surface area contributed by atoms with Crippen molar-refractivity contribution in [3.63, 3.8) is 0 Å². The molecule has 0 bridgehead atoms. The maximum absolute atomic E-state index is 12.8. The molecule has 22 heavy (non-hydrogen) atoms. The van der Waals surface area contributed by atoms with Gasteiger partial charge in [0.05, 0.1) is 5.92 Å². The normalized spacial score (nSPS) is 18.9. The number of nitrogens with one attached hydrogen (secondary N) is 1. The summed E-state index contributed by atoms with van der Waals surface area (Å²) in [4.78, 5) is 23.6. The van der Waals surface area contributed by atoms with Crippen LogP contribution in [0.1, 0.15) is 34.3 Å². The van der Waals surface area contributed by atoms with Crippen LogP contribution >= 0.6 is 0 Å². The number of amides is 1. The Hall–Kier alpha value is -2.11. The van der Waals surface area contributed by atoms with Gasteiger partial charge in [-0.2, -0.15) is 13.2 Å². The van der Waals surface area contributed by atoms with E-state index in [0.29, 0.717) is 5.56 Å². The maximum atomic E-state index is 12.8. The lowest BCUT2D eigenvalue weighted by Crippen LogP contribution is -2.33. The molecule has 0 heterocycles. The number of rotatable bonds is 2. The lowest BCUT2D eigenvalue weighted by Gasteiger charge is -2.24. The van der Waals surface area contributed by atoms with Gasteiger partial charge < -0.3 is 5.32 Å². The Bertz CT molecular complexity index is 627. The maximum Gasteiger partial charge on any atom is 0.392 e. The number of aryl methyl sites for hydroxylation is 2. The molecule has 0 aromatic heterocycles. The summed E-state index contributed by atoms with van der Waals surface area (Å²) in [7, 11) is 0. The minimum absolute atomic E-state index is 0.0164. The van der Waals surface area contributed by atoms with Gasteiger partial charge in [-0.05, 0) is 32.4 Å². The molecule has 1 N–H and O–H groups in total. The van der Waals surface area contributed by atoms with Crippen molar-refractivity contribution >= 4 is 11.7 Å². The average Bonchev–Trinajstić information content (AvgIpc) is 2.35. The highest BCUT2D eigenvalue weighted by molar-refractivity contribution is 5.97. The minimum Gasteiger partial charge on any atom is -0.326 e. The van der Waals surface area contributed by atoms with Gasteiger partial charge in [0.2, 0.25) is 0 Å². The average molecular weight is 311 g/mol. The second kappa shape index (κ2) is 5.94. The second-order valence-corrected chi connectivity index (χ2v) is 5.61. The lowest BCUT2D eigenvalue weighted by atomic mass is 9.90. The predicted molar refractivity (Wildman–Crippen MR) is 75.3 cm³/mol. The van der Waals surface area contributed by atoms with Crippen LogP contribution in [0.2, 0.25) is 0 Å². The largest absolute Gasteiger partial charge is 0.392 e. The molecule has 1 aliphatic carbocycles.